The highest BCUT2D eigenvalue weighted by Crippen LogP contribution is 2.69. The number of carbonyl (C=O) groups is 1. The fourth-order valence-corrected chi connectivity index (χ4v) is 10.1. The maximum Gasteiger partial charge on any atom is 0.303 e. The van der Waals surface area contributed by atoms with Gasteiger partial charge in [-0.05, 0) is 92.3 Å². The van der Waals surface area contributed by atoms with Crippen molar-refractivity contribution >= 4 is 5.97 Å². The number of aliphatic hydroxyl groups is 6. The zero-order valence-electron chi connectivity index (χ0n) is 26.8. The molecule has 0 aliphatic heterocycles. The minimum absolute atomic E-state index is 0.0307. The van der Waals surface area contributed by atoms with Crippen LogP contribution in [0.15, 0.2) is 0 Å². The van der Waals surface area contributed by atoms with E-state index in [9.17, 15) is 40.5 Å². The van der Waals surface area contributed by atoms with Gasteiger partial charge in [0.25, 0.3) is 0 Å². The number of rotatable bonds is 16. The van der Waals surface area contributed by atoms with Crippen LogP contribution in [0, 0.1) is 46.3 Å². The lowest BCUT2D eigenvalue weighted by molar-refractivity contribution is -0.234. The molecule has 4 saturated carbocycles. The van der Waals surface area contributed by atoms with Crippen LogP contribution >= 0.6 is 0 Å². The van der Waals surface area contributed by atoms with Gasteiger partial charge in [-0.1, -0.05) is 20.8 Å². The Balaban J connectivity index is 1.67. The number of aliphatic carboxylic acids is 1. The molecule has 0 amide bonds. The average Bonchev–Trinajstić information content (AvgIpc) is 3.37. The van der Waals surface area contributed by atoms with Gasteiger partial charge in [0.05, 0.1) is 58.0 Å². The van der Waals surface area contributed by atoms with Gasteiger partial charge >= 0.3 is 5.97 Å². The summed E-state index contributed by atoms with van der Waals surface area (Å²) in [4.78, 5) is 11.5. The van der Waals surface area contributed by atoms with Crippen LogP contribution in [-0.2, 0) is 19.0 Å². The average molecular weight is 631 g/mol. The van der Waals surface area contributed by atoms with Crippen LogP contribution in [0.2, 0.25) is 0 Å². The molecule has 44 heavy (non-hydrogen) atoms. The molecule has 0 saturated heterocycles. The molecular formula is C33H58O11. The summed E-state index contributed by atoms with van der Waals surface area (Å²) in [5, 5.41) is 68.1. The Morgan fingerprint density at radius 3 is 2.05 bits per heavy atom. The normalized spacial score (nSPS) is 41.2. The number of hydrogen-bond donors (Lipinski definition) is 7. The first kappa shape index (κ1) is 36.0. The Hall–Kier alpha value is -0.890. The van der Waals surface area contributed by atoms with Crippen LogP contribution in [-0.4, -0.2) is 118 Å². The SMILES string of the molecule is C[C@H](CCC(=O)O)[C@H]1CC[C@H]2[C@@H]3[C@H](OCC(O)CO)C[C@@H]4C[C@H](OCC(O)CO)CC[C@]4(C)[C@H]3C[C@H](OCC(O)CO)[C@]12C. The van der Waals surface area contributed by atoms with Gasteiger partial charge in [0, 0.05) is 11.8 Å². The van der Waals surface area contributed by atoms with Gasteiger partial charge in [0.1, 0.15) is 18.3 Å². The van der Waals surface area contributed by atoms with Crippen LogP contribution in [0.5, 0.6) is 0 Å². The molecule has 4 rings (SSSR count). The smallest absolute Gasteiger partial charge is 0.303 e. The van der Waals surface area contributed by atoms with E-state index in [-0.39, 0.29) is 111 Å². The molecule has 11 nitrogen and oxygen atoms in total. The van der Waals surface area contributed by atoms with E-state index in [0.29, 0.717) is 6.42 Å². The van der Waals surface area contributed by atoms with Crippen LogP contribution in [0.25, 0.3) is 0 Å². The zero-order valence-corrected chi connectivity index (χ0v) is 26.8. The topological polar surface area (TPSA) is 186 Å². The fourth-order valence-electron chi connectivity index (χ4n) is 10.1. The summed E-state index contributed by atoms with van der Waals surface area (Å²) in [5.41, 5.74) is -0.337. The molecule has 0 spiro atoms. The number of ether oxygens (including phenoxy) is 3. The molecule has 0 bridgehead atoms. The van der Waals surface area contributed by atoms with Gasteiger partial charge in [0.2, 0.25) is 0 Å². The van der Waals surface area contributed by atoms with Crippen LogP contribution < -0.4 is 0 Å². The molecular weight excluding hydrogens is 572 g/mol. The summed E-state index contributed by atoms with van der Waals surface area (Å²) in [6.45, 7) is 5.86. The van der Waals surface area contributed by atoms with Crippen LogP contribution in [0.3, 0.4) is 0 Å². The Kier molecular flexibility index (Phi) is 12.5. The molecule has 0 aromatic rings. The molecule has 256 valence electrons. The van der Waals surface area contributed by atoms with Gasteiger partial charge < -0.3 is 50.0 Å². The summed E-state index contributed by atoms with van der Waals surface area (Å²) in [5.74, 6) is 0.467. The third kappa shape index (κ3) is 7.47. The second-order valence-electron chi connectivity index (χ2n) is 14.9. The molecule has 4 aliphatic rings. The van der Waals surface area contributed by atoms with Gasteiger partial charge in [-0.2, -0.15) is 0 Å². The van der Waals surface area contributed by atoms with E-state index in [1.54, 1.807) is 0 Å². The lowest BCUT2D eigenvalue weighted by Gasteiger charge is -2.65. The Morgan fingerprint density at radius 2 is 1.43 bits per heavy atom. The summed E-state index contributed by atoms with van der Waals surface area (Å²) in [6.07, 6.45) is 3.46. The molecule has 14 atom stereocenters. The van der Waals surface area contributed by atoms with Crippen molar-refractivity contribution in [3.63, 3.8) is 0 Å². The molecule has 3 unspecified atom stereocenters. The molecule has 0 radical (unpaired) electrons. The van der Waals surface area contributed by atoms with Gasteiger partial charge in [-0.15, -0.1) is 0 Å². The first-order valence-electron chi connectivity index (χ1n) is 16.8. The van der Waals surface area contributed by atoms with Gasteiger partial charge in [-0.25, -0.2) is 0 Å². The highest BCUT2D eigenvalue weighted by molar-refractivity contribution is 5.66. The zero-order chi connectivity index (χ0) is 32.2. The number of aliphatic hydroxyl groups excluding tert-OH is 6. The molecule has 7 N–H and O–H groups in total. The van der Waals surface area contributed by atoms with E-state index < -0.39 is 24.3 Å². The highest BCUT2D eigenvalue weighted by Gasteiger charge is 2.66. The summed E-state index contributed by atoms with van der Waals surface area (Å²) in [7, 11) is 0. The Morgan fingerprint density at radius 1 is 0.818 bits per heavy atom. The minimum atomic E-state index is -0.980. The number of carboxylic acids is 1. The summed E-state index contributed by atoms with van der Waals surface area (Å²) >= 11 is 0. The molecule has 0 heterocycles. The quantitative estimate of drug-likeness (QED) is 0.131. The number of hydrogen-bond acceptors (Lipinski definition) is 10. The first-order valence-corrected chi connectivity index (χ1v) is 16.8. The molecule has 0 aromatic heterocycles. The molecule has 4 aliphatic carbocycles. The van der Waals surface area contributed by atoms with E-state index in [4.69, 9.17) is 14.2 Å². The number of carboxylic acid groups (broad SMARTS) is 1. The van der Waals surface area contributed by atoms with Crippen LogP contribution in [0.4, 0.5) is 0 Å². The second kappa shape index (κ2) is 15.3. The molecule has 0 aromatic carbocycles. The minimum Gasteiger partial charge on any atom is -0.481 e. The van der Waals surface area contributed by atoms with Crippen LogP contribution in [0.1, 0.15) is 78.6 Å². The van der Waals surface area contributed by atoms with E-state index in [2.05, 4.69) is 20.8 Å². The highest BCUT2D eigenvalue weighted by atomic mass is 16.5. The maximum atomic E-state index is 11.5. The standard InChI is InChI=1S/C33H58O11/c1-19(4-7-30(40)41)25-5-6-26-31-27(12-29(33(25,26)3)44-18-23(39)15-36)32(2)9-8-24(42-16-21(37)13-34)10-20(32)11-28(31)43-17-22(38)14-35/h19-29,31,34-39H,4-18H2,1-3H3,(H,40,41)/t19-,20+,21?,22?,23?,24-,25-,26+,27+,28-,29+,31+,32+,33-/m1/s1. The Labute approximate surface area is 261 Å². The van der Waals surface area contributed by atoms with E-state index >= 15 is 0 Å². The largest absolute Gasteiger partial charge is 0.481 e. The first-order chi connectivity index (χ1) is 20.9. The molecule has 11 heteroatoms. The van der Waals surface area contributed by atoms with Crippen molar-refractivity contribution in [3.8, 4) is 0 Å². The van der Waals surface area contributed by atoms with Crippen molar-refractivity contribution in [2.45, 2.75) is 115 Å². The van der Waals surface area contributed by atoms with Crippen molar-refractivity contribution < 1.29 is 54.8 Å². The van der Waals surface area contributed by atoms with Crippen molar-refractivity contribution in [3.05, 3.63) is 0 Å². The van der Waals surface area contributed by atoms with E-state index in [0.717, 1.165) is 44.9 Å². The van der Waals surface area contributed by atoms with Gasteiger partial charge in [0.15, 0.2) is 0 Å². The van der Waals surface area contributed by atoms with Crippen molar-refractivity contribution in [1.29, 1.82) is 0 Å². The summed E-state index contributed by atoms with van der Waals surface area (Å²) < 4.78 is 19.1. The van der Waals surface area contributed by atoms with Crippen molar-refractivity contribution in [2.75, 3.05) is 39.6 Å². The van der Waals surface area contributed by atoms with Crippen molar-refractivity contribution in [2.24, 2.45) is 46.3 Å². The predicted octanol–water partition coefficient (Wildman–Crippen LogP) is 1.58. The van der Waals surface area contributed by atoms with Crippen molar-refractivity contribution in [1.82, 2.24) is 0 Å². The summed E-state index contributed by atoms with van der Waals surface area (Å²) in [6, 6.07) is 0. The maximum absolute atomic E-state index is 11.5. The second-order valence-corrected chi connectivity index (χ2v) is 14.9. The monoisotopic (exact) mass is 630 g/mol. The Bertz CT molecular complexity index is 920. The van der Waals surface area contributed by atoms with Gasteiger partial charge in [-0.3, -0.25) is 4.79 Å². The lowest BCUT2D eigenvalue weighted by atomic mass is 9.43. The lowest BCUT2D eigenvalue weighted by Crippen LogP contribution is -2.63. The molecule has 4 fully saturated rings. The van der Waals surface area contributed by atoms with E-state index in [1.807, 2.05) is 0 Å². The predicted molar refractivity (Wildman–Crippen MR) is 161 cm³/mol. The third-order valence-electron chi connectivity index (χ3n) is 12.4. The van der Waals surface area contributed by atoms with E-state index in [1.165, 1.54) is 0 Å². The third-order valence-corrected chi connectivity index (χ3v) is 12.4. The fraction of sp³-hybridized carbons (Fsp3) is 0.970. The number of fused-ring (bicyclic) bond motifs is 5.